The molecule has 0 amide bonds. The normalized spacial score (nSPS) is 10.8. The first-order valence-corrected chi connectivity index (χ1v) is 8.90. The zero-order chi connectivity index (χ0) is 17.1. The Kier molecular flexibility index (Phi) is 5.06. The Bertz CT molecular complexity index is 866. The molecule has 5 nitrogen and oxygen atoms in total. The molecule has 1 aromatic carbocycles. The van der Waals surface area contributed by atoms with Crippen LogP contribution in [0.25, 0.3) is 10.2 Å². The van der Waals surface area contributed by atoms with Crippen LogP contribution in [0.3, 0.4) is 0 Å². The Morgan fingerprint density at radius 1 is 1.08 bits per heavy atom. The number of fused-ring (bicyclic) bond motifs is 1. The standard InChI is InChI=1S/C17H18ClN3O2S/c1-4-22-13-7-6-11(9-14(13)23-5-2)19-15-12-8-10(3)24-16(12)21-17(18)20-15/h6-9H,4-5H2,1-3H3,(H,19,20,21). The molecule has 0 aliphatic heterocycles. The molecule has 2 aromatic heterocycles. The molecular weight excluding hydrogens is 346 g/mol. The summed E-state index contributed by atoms with van der Waals surface area (Å²) >= 11 is 7.64. The zero-order valence-electron chi connectivity index (χ0n) is 13.7. The van der Waals surface area contributed by atoms with Gasteiger partial charge in [-0.15, -0.1) is 11.3 Å². The average molecular weight is 364 g/mol. The lowest BCUT2D eigenvalue weighted by Gasteiger charge is -2.13. The molecule has 0 aliphatic carbocycles. The number of anilines is 2. The van der Waals surface area contributed by atoms with Gasteiger partial charge in [0.25, 0.3) is 0 Å². The van der Waals surface area contributed by atoms with Crippen molar-refractivity contribution >= 4 is 44.7 Å². The summed E-state index contributed by atoms with van der Waals surface area (Å²) in [5, 5.41) is 4.48. The number of rotatable bonds is 6. The number of ether oxygens (including phenoxy) is 2. The first kappa shape index (κ1) is 16.8. The Labute approximate surface area is 149 Å². The molecule has 0 saturated heterocycles. The van der Waals surface area contributed by atoms with Gasteiger partial charge in [-0.05, 0) is 50.6 Å². The Hall–Kier alpha value is -2.05. The van der Waals surface area contributed by atoms with E-state index < -0.39 is 0 Å². The summed E-state index contributed by atoms with van der Waals surface area (Å²) in [5.74, 6) is 2.10. The predicted octanol–water partition coefficient (Wildman–Crippen LogP) is 5.19. The number of hydrogen-bond donors (Lipinski definition) is 1. The number of halogens is 1. The molecule has 3 aromatic rings. The largest absolute Gasteiger partial charge is 0.490 e. The highest BCUT2D eigenvalue weighted by Crippen LogP contribution is 2.34. The van der Waals surface area contributed by atoms with Crippen LogP contribution in [0.1, 0.15) is 18.7 Å². The van der Waals surface area contributed by atoms with Crippen molar-refractivity contribution in [3.63, 3.8) is 0 Å². The van der Waals surface area contributed by atoms with Gasteiger partial charge in [0.1, 0.15) is 10.6 Å². The lowest BCUT2D eigenvalue weighted by molar-refractivity contribution is 0.288. The first-order chi connectivity index (χ1) is 11.6. The number of nitrogens with one attached hydrogen (secondary N) is 1. The fourth-order valence-electron chi connectivity index (χ4n) is 2.38. The number of benzene rings is 1. The molecule has 0 bridgehead atoms. The monoisotopic (exact) mass is 363 g/mol. The number of aryl methyl sites for hydroxylation is 1. The van der Waals surface area contributed by atoms with Crippen molar-refractivity contribution in [3.8, 4) is 11.5 Å². The smallest absolute Gasteiger partial charge is 0.225 e. The van der Waals surface area contributed by atoms with E-state index in [2.05, 4.69) is 21.4 Å². The molecule has 0 atom stereocenters. The second kappa shape index (κ2) is 7.23. The lowest BCUT2D eigenvalue weighted by atomic mass is 10.2. The molecule has 7 heteroatoms. The molecule has 126 valence electrons. The maximum absolute atomic E-state index is 6.05. The molecule has 0 saturated carbocycles. The van der Waals surface area contributed by atoms with Crippen LogP contribution in [0.4, 0.5) is 11.5 Å². The highest BCUT2D eigenvalue weighted by molar-refractivity contribution is 7.18. The Balaban J connectivity index is 1.97. The number of hydrogen-bond acceptors (Lipinski definition) is 6. The number of aromatic nitrogens is 2. The van der Waals surface area contributed by atoms with Crippen LogP contribution in [0.5, 0.6) is 11.5 Å². The van der Waals surface area contributed by atoms with E-state index in [1.54, 1.807) is 11.3 Å². The van der Waals surface area contributed by atoms with Gasteiger partial charge in [0.2, 0.25) is 5.28 Å². The minimum absolute atomic E-state index is 0.225. The second-order valence-corrected chi connectivity index (χ2v) is 6.64. The van der Waals surface area contributed by atoms with Crippen molar-refractivity contribution in [3.05, 3.63) is 34.4 Å². The van der Waals surface area contributed by atoms with E-state index in [1.165, 1.54) is 0 Å². The predicted molar refractivity (Wildman–Crippen MR) is 99.2 cm³/mol. The van der Waals surface area contributed by atoms with E-state index >= 15 is 0 Å². The lowest BCUT2D eigenvalue weighted by Crippen LogP contribution is -2.00. The maximum Gasteiger partial charge on any atom is 0.225 e. The third kappa shape index (κ3) is 3.55. The van der Waals surface area contributed by atoms with Crippen LogP contribution >= 0.6 is 22.9 Å². The molecule has 1 N–H and O–H groups in total. The molecule has 0 radical (unpaired) electrons. The Morgan fingerprint density at radius 3 is 2.58 bits per heavy atom. The van der Waals surface area contributed by atoms with Crippen LogP contribution in [-0.2, 0) is 0 Å². The average Bonchev–Trinajstić information content (AvgIpc) is 2.90. The summed E-state index contributed by atoms with van der Waals surface area (Å²) < 4.78 is 11.3. The molecular formula is C17H18ClN3O2S. The van der Waals surface area contributed by atoms with Crippen LogP contribution in [-0.4, -0.2) is 23.2 Å². The van der Waals surface area contributed by atoms with Crippen molar-refractivity contribution in [2.45, 2.75) is 20.8 Å². The van der Waals surface area contributed by atoms with Gasteiger partial charge in [0.05, 0.1) is 18.6 Å². The molecule has 0 spiro atoms. The van der Waals surface area contributed by atoms with Crippen LogP contribution in [0.15, 0.2) is 24.3 Å². The van der Waals surface area contributed by atoms with Crippen LogP contribution < -0.4 is 14.8 Å². The molecule has 0 fully saturated rings. The zero-order valence-corrected chi connectivity index (χ0v) is 15.3. The highest BCUT2D eigenvalue weighted by Gasteiger charge is 2.12. The third-order valence-corrected chi connectivity index (χ3v) is 4.41. The van der Waals surface area contributed by atoms with Crippen molar-refractivity contribution < 1.29 is 9.47 Å². The van der Waals surface area contributed by atoms with Crippen LogP contribution in [0.2, 0.25) is 5.28 Å². The van der Waals surface area contributed by atoms with Crippen molar-refractivity contribution in [1.82, 2.24) is 9.97 Å². The van der Waals surface area contributed by atoms with E-state index in [-0.39, 0.29) is 5.28 Å². The van der Waals surface area contributed by atoms with E-state index in [0.717, 1.165) is 26.5 Å². The van der Waals surface area contributed by atoms with Gasteiger partial charge in [-0.3, -0.25) is 0 Å². The minimum atomic E-state index is 0.225. The van der Waals surface area contributed by atoms with Crippen LogP contribution in [0, 0.1) is 6.92 Å². The number of thiophene rings is 1. The maximum atomic E-state index is 6.05. The van der Waals surface area contributed by atoms with Gasteiger partial charge < -0.3 is 14.8 Å². The first-order valence-electron chi connectivity index (χ1n) is 7.71. The van der Waals surface area contributed by atoms with Gasteiger partial charge in [-0.25, -0.2) is 4.98 Å². The van der Waals surface area contributed by atoms with E-state index in [0.29, 0.717) is 24.8 Å². The summed E-state index contributed by atoms with van der Waals surface area (Å²) in [4.78, 5) is 10.6. The molecule has 2 heterocycles. The summed E-state index contributed by atoms with van der Waals surface area (Å²) in [7, 11) is 0. The van der Waals surface area contributed by atoms with Crippen molar-refractivity contribution in [2.75, 3.05) is 18.5 Å². The quantitative estimate of drug-likeness (QED) is 0.610. The molecule has 0 aliphatic rings. The fourth-order valence-corrected chi connectivity index (χ4v) is 3.48. The second-order valence-electron chi connectivity index (χ2n) is 5.07. The highest BCUT2D eigenvalue weighted by atomic mass is 35.5. The molecule has 0 unspecified atom stereocenters. The van der Waals surface area contributed by atoms with Crippen molar-refractivity contribution in [1.29, 1.82) is 0 Å². The van der Waals surface area contributed by atoms with Gasteiger partial charge in [0, 0.05) is 16.6 Å². The summed E-state index contributed by atoms with van der Waals surface area (Å²) in [6.07, 6.45) is 0. The van der Waals surface area contributed by atoms with E-state index in [1.807, 2.05) is 39.0 Å². The van der Waals surface area contributed by atoms with Crippen molar-refractivity contribution in [2.24, 2.45) is 0 Å². The number of nitrogens with zero attached hydrogens (tertiary/aromatic N) is 2. The fraction of sp³-hybridized carbons (Fsp3) is 0.294. The van der Waals surface area contributed by atoms with E-state index in [4.69, 9.17) is 21.1 Å². The minimum Gasteiger partial charge on any atom is -0.490 e. The summed E-state index contributed by atoms with van der Waals surface area (Å²) in [6.45, 7) is 7.08. The van der Waals surface area contributed by atoms with Gasteiger partial charge >= 0.3 is 0 Å². The molecule has 3 rings (SSSR count). The molecule has 24 heavy (non-hydrogen) atoms. The van der Waals surface area contributed by atoms with Gasteiger partial charge in [-0.1, -0.05) is 0 Å². The summed E-state index contributed by atoms with van der Waals surface area (Å²) in [6, 6.07) is 7.76. The van der Waals surface area contributed by atoms with Gasteiger partial charge in [0.15, 0.2) is 11.5 Å². The SMILES string of the molecule is CCOc1ccc(Nc2nc(Cl)nc3sc(C)cc23)cc1OCC. The topological polar surface area (TPSA) is 56.3 Å². The van der Waals surface area contributed by atoms with E-state index in [9.17, 15) is 0 Å². The Morgan fingerprint density at radius 2 is 1.83 bits per heavy atom. The van der Waals surface area contributed by atoms with Gasteiger partial charge in [-0.2, -0.15) is 4.98 Å². The summed E-state index contributed by atoms with van der Waals surface area (Å²) in [5.41, 5.74) is 0.849. The third-order valence-electron chi connectivity index (χ3n) is 3.29.